The second kappa shape index (κ2) is 7.18. The highest BCUT2D eigenvalue weighted by Crippen LogP contribution is 2.31. The molecule has 1 heterocycles. The minimum absolute atomic E-state index is 0.0692. The summed E-state index contributed by atoms with van der Waals surface area (Å²) in [5, 5.41) is 7.74. The number of nitrogens with two attached hydrogens (primary N) is 1. The van der Waals surface area contributed by atoms with Crippen LogP contribution >= 0.6 is 0 Å². The van der Waals surface area contributed by atoms with Crippen LogP contribution in [0.4, 0.5) is 0 Å². The van der Waals surface area contributed by atoms with Crippen molar-refractivity contribution in [1.82, 2.24) is 15.1 Å². The molecule has 3 N–H and O–H groups in total. The van der Waals surface area contributed by atoms with Crippen molar-refractivity contribution in [1.29, 1.82) is 0 Å². The molecule has 1 amide bonds. The van der Waals surface area contributed by atoms with Crippen LogP contribution < -0.4 is 11.1 Å². The molecule has 5 nitrogen and oxygen atoms in total. The molecule has 128 valence electrons. The average Bonchev–Trinajstić information content (AvgIpc) is 3.18. The highest BCUT2D eigenvalue weighted by atomic mass is 16.1. The molecule has 1 aromatic heterocycles. The monoisotopic (exact) mass is 326 g/mol. The van der Waals surface area contributed by atoms with Gasteiger partial charge in [-0.15, -0.1) is 0 Å². The Kier molecular flexibility index (Phi) is 5.00. The summed E-state index contributed by atoms with van der Waals surface area (Å²) < 4.78 is 1.94. The first-order chi connectivity index (χ1) is 11.6. The van der Waals surface area contributed by atoms with Crippen LogP contribution in [0.25, 0.3) is 5.69 Å². The zero-order valence-corrected chi connectivity index (χ0v) is 14.5. The van der Waals surface area contributed by atoms with E-state index in [9.17, 15) is 4.79 Å². The van der Waals surface area contributed by atoms with Crippen LogP contribution in [0, 0.1) is 25.7 Å². The predicted molar refractivity (Wildman–Crippen MR) is 94.8 cm³/mol. The van der Waals surface area contributed by atoms with Crippen LogP contribution in [0.15, 0.2) is 30.3 Å². The van der Waals surface area contributed by atoms with Crippen molar-refractivity contribution in [2.75, 3.05) is 6.54 Å². The molecular weight excluding hydrogens is 300 g/mol. The number of carbonyl (C=O) groups is 1. The van der Waals surface area contributed by atoms with Gasteiger partial charge >= 0.3 is 0 Å². The van der Waals surface area contributed by atoms with E-state index in [2.05, 4.69) is 10.4 Å². The molecule has 1 aliphatic carbocycles. The van der Waals surface area contributed by atoms with Gasteiger partial charge in [-0.05, 0) is 51.3 Å². The van der Waals surface area contributed by atoms with E-state index in [-0.39, 0.29) is 11.8 Å². The van der Waals surface area contributed by atoms with Gasteiger partial charge in [-0.2, -0.15) is 5.10 Å². The lowest BCUT2D eigenvalue weighted by molar-refractivity contribution is -0.126. The van der Waals surface area contributed by atoms with Crippen molar-refractivity contribution in [3.8, 4) is 5.69 Å². The van der Waals surface area contributed by atoms with Crippen molar-refractivity contribution in [3.05, 3.63) is 47.3 Å². The largest absolute Gasteiger partial charge is 0.352 e. The number of para-hydroxylation sites is 1. The van der Waals surface area contributed by atoms with Crippen LogP contribution in [0.1, 0.15) is 36.2 Å². The summed E-state index contributed by atoms with van der Waals surface area (Å²) in [5.41, 5.74) is 9.95. The number of nitrogens with zero attached hydrogens (tertiary/aromatic N) is 2. The molecule has 3 rings (SSSR count). The number of aromatic nitrogens is 2. The van der Waals surface area contributed by atoms with Gasteiger partial charge in [0, 0.05) is 23.7 Å². The maximum absolute atomic E-state index is 12.5. The zero-order valence-electron chi connectivity index (χ0n) is 14.5. The van der Waals surface area contributed by atoms with E-state index in [1.165, 1.54) is 0 Å². The smallest absolute Gasteiger partial charge is 0.223 e. The quantitative estimate of drug-likeness (QED) is 0.886. The summed E-state index contributed by atoms with van der Waals surface area (Å²) in [7, 11) is 0. The molecule has 0 saturated heterocycles. The molecule has 0 unspecified atom stereocenters. The molecular formula is C19H26N4O. The van der Waals surface area contributed by atoms with E-state index in [4.69, 9.17) is 5.73 Å². The van der Waals surface area contributed by atoms with Crippen LogP contribution in [0.5, 0.6) is 0 Å². The molecule has 0 bridgehead atoms. The number of aryl methyl sites for hydroxylation is 1. The third-order valence-corrected chi connectivity index (χ3v) is 5.18. The van der Waals surface area contributed by atoms with Gasteiger partial charge in [0.1, 0.15) is 0 Å². The lowest BCUT2D eigenvalue weighted by Crippen LogP contribution is -2.34. The summed E-state index contributed by atoms with van der Waals surface area (Å²) in [4.78, 5) is 12.5. The number of nitrogens with one attached hydrogen (secondary N) is 1. The highest BCUT2D eigenvalue weighted by molar-refractivity contribution is 5.79. The van der Waals surface area contributed by atoms with E-state index in [0.29, 0.717) is 19.0 Å². The van der Waals surface area contributed by atoms with Gasteiger partial charge in [-0.1, -0.05) is 24.6 Å². The normalized spacial score (nSPS) is 20.3. The number of carbonyl (C=O) groups excluding carboxylic acids is 1. The number of benzene rings is 1. The van der Waals surface area contributed by atoms with E-state index in [0.717, 1.165) is 41.9 Å². The van der Waals surface area contributed by atoms with Gasteiger partial charge in [0.25, 0.3) is 0 Å². The van der Waals surface area contributed by atoms with Crippen LogP contribution in [-0.2, 0) is 11.3 Å². The summed E-state index contributed by atoms with van der Waals surface area (Å²) in [6, 6.07) is 10.1. The summed E-state index contributed by atoms with van der Waals surface area (Å²) >= 11 is 0. The second-order valence-electron chi connectivity index (χ2n) is 6.65. The van der Waals surface area contributed by atoms with Gasteiger partial charge in [0.2, 0.25) is 5.91 Å². The van der Waals surface area contributed by atoms with Gasteiger partial charge in [-0.3, -0.25) is 4.79 Å². The van der Waals surface area contributed by atoms with Crippen LogP contribution in [0.2, 0.25) is 0 Å². The fraction of sp³-hybridized carbons (Fsp3) is 0.474. The minimum atomic E-state index is 0.0692. The molecule has 2 aromatic rings. The molecule has 0 radical (unpaired) electrons. The Morgan fingerprint density at radius 3 is 2.75 bits per heavy atom. The molecule has 1 saturated carbocycles. The molecule has 5 heteroatoms. The Balaban J connectivity index is 1.72. The lowest BCUT2D eigenvalue weighted by atomic mass is 9.95. The van der Waals surface area contributed by atoms with Crippen molar-refractivity contribution in [2.45, 2.75) is 39.7 Å². The Morgan fingerprint density at radius 2 is 2.04 bits per heavy atom. The van der Waals surface area contributed by atoms with Gasteiger partial charge < -0.3 is 11.1 Å². The fourth-order valence-corrected chi connectivity index (χ4v) is 3.72. The zero-order chi connectivity index (χ0) is 17.1. The summed E-state index contributed by atoms with van der Waals surface area (Å²) in [6.07, 6.45) is 3.12. The van der Waals surface area contributed by atoms with Crippen LogP contribution in [0.3, 0.4) is 0 Å². The van der Waals surface area contributed by atoms with Crippen molar-refractivity contribution < 1.29 is 4.79 Å². The molecule has 1 aliphatic rings. The first-order valence-corrected chi connectivity index (χ1v) is 8.70. The SMILES string of the molecule is Cc1nn(-c2ccccc2)c(C)c1CNC(=O)[C@@H]1CCC[C@@H]1CN. The van der Waals surface area contributed by atoms with E-state index < -0.39 is 0 Å². The maximum Gasteiger partial charge on any atom is 0.223 e. The number of hydrogen-bond donors (Lipinski definition) is 2. The average molecular weight is 326 g/mol. The van der Waals surface area contributed by atoms with Crippen molar-refractivity contribution >= 4 is 5.91 Å². The number of amides is 1. The molecule has 0 spiro atoms. The standard InChI is InChI=1S/C19H26N4O/c1-13-18(12-21-19(24)17-10-6-7-15(17)11-20)14(2)23(22-13)16-8-4-3-5-9-16/h3-5,8-9,15,17H,6-7,10-12,20H2,1-2H3,(H,21,24)/t15-,17-/m1/s1. The minimum Gasteiger partial charge on any atom is -0.352 e. The van der Waals surface area contributed by atoms with Crippen LogP contribution in [-0.4, -0.2) is 22.2 Å². The van der Waals surface area contributed by atoms with Gasteiger partial charge in [0.05, 0.1) is 11.4 Å². The Bertz CT molecular complexity index is 708. The molecule has 2 atom stereocenters. The van der Waals surface area contributed by atoms with Crippen molar-refractivity contribution in [2.24, 2.45) is 17.6 Å². The molecule has 1 fully saturated rings. The van der Waals surface area contributed by atoms with E-state index >= 15 is 0 Å². The first-order valence-electron chi connectivity index (χ1n) is 8.70. The maximum atomic E-state index is 12.5. The summed E-state index contributed by atoms with van der Waals surface area (Å²) in [5.74, 6) is 0.535. The lowest BCUT2D eigenvalue weighted by Gasteiger charge is -2.17. The topological polar surface area (TPSA) is 72.9 Å². The Morgan fingerprint density at radius 1 is 1.29 bits per heavy atom. The predicted octanol–water partition coefficient (Wildman–Crippen LogP) is 2.48. The second-order valence-corrected chi connectivity index (χ2v) is 6.65. The number of hydrogen-bond acceptors (Lipinski definition) is 3. The number of rotatable bonds is 5. The van der Waals surface area contributed by atoms with Crippen molar-refractivity contribution in [3.63, 3.8) is 0 Å². The third kappa shape index (κ3) is 3.22. The summed E-state index contributed by atoms with van der Waals surface area (Å²) in [6.45, 7) is 5.16. The van der Waals surface area contributed by atoms with Gasteiger partial charge in [0.15, 0.2) is 0 Å². The van der Waals surface area contributed by atoms with E-state index in [1.807, 2.05) is 48.9 Å². The molecule has 1 aromatic carbocycles. The van der Waals surface area contributed by atoms with E-state index in [1.54, 1.807) is 0 Å². The first kappa shape index (κ1) is 16.7. The Labute approximate surface area is 143 Å². The molecule has 0 aliphatic heterocycles. The molecule has 24 heavy (non-hydrogen) atoms. The third-order valence-electron chi connectivity index (χ3n) is 5.18. The fourth-order valence-electron chi connectivity index (χ4n) is 3.72. The Hall–Kier alpha value is -2.14. The highest BCUT2D eigenvalue weighted by Gasteiger charge is 2.31. The van der Waals surface area contributed by atoms with Gasteiger partial charge in [-0.25, -0.2) is 4.68 Å².